The Balaban J connectivity index is 1.69. The third kappa shape index (κ3) is 3.87. The predicted molar refractivity (Wildman–Crippen MR) is 100 cm³/mol. The summed E-state index contributed by atoms with van der Waals surface area (Å²) in [6.45, 7) is 3.68. The van der Waals surface area contributed by atoms with Crippen LogP contribution in [0.4, 0.5) is 8.78 Å². The molecule has 0 unspecified atom stereocenters. The molecule has 0 saturated carbocycles. The Morgan fingerprint density at radius 3 is 2.61 bits per heavy atom. The van der Waals surface area contributed by atoms with Crippen LogP contribution >= 0.6 is 22.9 Å². The van der Waals surface area contributed by atoms with Gasteiger partial charge in [0.05, 0.1) is 22.4 Å². The van der Waals surface area contributed by atoms with Gasteiger partial charge in [0.25, 0.3) is 11.5 Å². The smallest absolute Gasteiger partial charge is 0.271 e. The number of fused-ring (bicyclic) bond motifs is 1. The van der Waals surface area contributed by atoms with E-state index in [1.54, 1.807) is 0 Å². The molecule has 0 radical (unpaired) electrons. The Morgan fingerprint density at radius 2 is 1.89 bits per heavy atom. The van der Waals surface area contributed by atoms with Crippen molar-refractivity contribution in [3.8, 4) is 0 Å². The first-order valence-electron chi connectivity index (χ1n) is 7.90. The number of aryl methyl sites for hydroxylation is 2. The van der Waals surface area contributed by atoms with E-state index in [0.717, 1.165) is 10.4 Å². The molecule has 28 heavy (non-hydrogen) atoms. The summed E-state index contributed by atoms with van der Waals surface area (Å²) in [6, 6.07) is 1.27. The van der Waals surface area contributed by atoms with Crippen LogP contribution in [0.25, 0.3) is 10.2 Å². The van der Waals surface area contributed by atoms with E-state index in [-0.39, 0.29) is 28.4 Å². The van der Waals surface area contributed by atoms with Crippen LogP contribution in [0.2, 0.25) is 5.02 Å². The number of benzene rings is 1. The molecule has 11 heteroatoms. The highest BCUT2D eigenvalue weighted by Gasteiger charge is 2.17. The van der Waals surface area contributed by atoms with Crippen molar-refractivity contribution in [2.45, 2.75) is 20.3 Å². The van der Waals surface area contributed by atoms with Gasteiger partial charge in [-0.15, -0.1) is 11.3 Å². The number of carbonyl (C=O) groups excluding carboxylic acids is 2. The molecule has 0 aliphatic rings. The lowest BCUT2D eigenvalue weighted by Gasteiger charge is -2.09. The SMILES string of the molecule is Cc1sc2nc(CC(=O)NNC(=O)c3cc(F)c(F)cc3Cl)[nH]c(=O)c2c1C. The summed E-state index contributed by atoms with van der Waals surface area (Å²) >= 11 is 7.04. The highest BCUT2D eigenvalue weighted by atomic mass is 35.5. The number of nitrogens with zero attached hydrogens (tertiary/aromatic N) is 1. The van der Waals surface area contributed by atoms with E-state index in [0.29, 0.717) is 22.3 Å². The summed E-state index contributed by atoms with van der Waals surface area (Å²) in [7, 11) is 0. The summed E-state index contributed by atoms with van der Waals surface area (Å²) in [5.41, 5.74) is 4.28. The van der Waals surface area contributed by atoms with Crippen molar-refractivity contribution in [1.82, 2.24) is 20.8 Å². The molecule has 7 nitrogen and oxygen atoms in total. The molecule has 3 rings (SSSR count). The quantitative estimate of drug-likeness (QED) is 0.442. The Kier molecular flexibility index (Phi) is 5.43. The number of aromatic nitrogens is 2. The van der Waals surface area contributed by atoms with Gasteiger partial charge in [0.15, 0.2) is 11.6 Å². The summed E-state index contributed by atoms with van der Waals surface area (Å²) < 4.78 is 26.3. The third-order valence-corrected chi connectivity index (χ3v) is 5.40. The summed E-state index contributed by atoms with van der Waals surface area (Å²) in [6.07, 6.45) is -0.313. The van der Waals surface area contributed by atoms with Gasteiger partial charge in [-0.25, -0.2) is 13.8 Å². The number of aromatic amines is 1. The van der Waals surface area contributed by atoms with E-state index in [2.05, 4.69) is 15.4 Å². The van der Waals surface area contributed by atoms with Crippen LogP contribution < -0.4 is 16.4 Å². The molecule has 1 aromatic carbocycles. The number of nitrogens with one attached hydrogen (secondary N) is 3. The first-order chi connectivity index (χ1) is 13.2. The molecule has 0 fully saturated rings. The van der Waals surface area contributed by atoms with Crippen LogP contribution in [0.5, 0.6) is 0 Å². The fourth-order valence-electron chi connectivity index (χ4n) is 2.47. The maximum absolute atomic E-state index is 13.3. The Labute approximate surface area is 165 Å². The zero-order valence-electron chi connectivity index (χ0n) is 14.6. The van der Waals surface area contributed by atoms with Gasteiger partial charge < -0.3 is 4.98 Å². The van der Waals surface area contributed by atoms with Crippen molar-refractivity contribution >= 4 is 45.0 Å². The number of hydrazine groups is 1. The maximum atomic E-state index is 13.3. The van der Waals surface area contributed by atoms with Crippen LogP contribution in [0, 0.1) is 25.5 Å². The lowest BCUT2D eigenvalue weighted by atomic mass is 10.2. The average Bonchev–Trinajstić information content (AvgIpc) is 2.90. The minimum atomic E-state index is -1.25. The zero-order chi connectivity index (χ0) is 20.6. The van der Waals surface area contributed by atoms with Gasteiger partial charge in [-0.3, -0.25) is 25.2 Å². The van der Waals surface area contributed by atoms with Crippen LogP contribution in [0.1, 0.15) is 26.6 Å². The number of rotatable bonds is 3. The molecule has 2 amide bonds. The summed E-state index contributed by atoms with van der Waals surface area (Å²) in [5.74, 6) is -3.94. The largest absolute Gasteiger partial charge is 0.309 e. The highest BCUT2D eigenvalue weighted by molar-refractivity contribution is 7.18. The van der Waals surface area contributed by atoms with E-state index in [9.17, 15) is 23.2 Å². The van der Waals surface area contributed by atoms with Crippen molar-refractivity contribution in [3.63, 3.8) is 0 Å². The molecule has 0 atom stereocenters. The number of hydrogen-bond acceptors (Lipinski definition) is 5. The monoisotopic (exact) mass is 426 g/mol. The molecule has 2 heterocycles. The molecule has 0 saturated heterocycles. The Bertz CT molecular complexity index is 1180. The number of hydrogen-bond donors (Lipinski definition) is 3. The van der Waals surface area contributed by atoms with E-state index < -0.39 is 23.4 Å². The van der Waals surface area contributed by atoms with Crippen LogP contribution in [0.3, 0.4) is 0 Å². The zero-order valence-corrected chi connectivity index (χ0v) is 16.1. The molecule has 3 N–H and O–H groups in total. The van der Waals surface area contributed by atoms with E-state index in [4.69, 9.17) is 11.6 Å². The number of halogens is 3. The van der Waals surface area contributed by atoms with Crippen LogP contribution in [-0.2, 0) is 11.2 Å². The van der Waals surface area contributed by atoms with Crippen molar-refractivity contribution in [3.05, 3.63) is 61.0 Å². The van der Waals surface area contributed by atoms with Crippen molar-refractivity contribution in [2.24, 2.45) is 0 Å². The van der Waals surface area contributed by atoms with Gasteiger partial charge in [-0.05, 0) is 31.5 Å². The van der Waals surface area contributed by atoms with E-state index in [1.807, 2.05) is 19.3 Å². The molecular formula is C17H13ClF2N4O3S. The molecule has 146 valence electrons. The molecule has 3 aromatic rings. The predicted octanol–water partition coefficient (Wildman–Crippen LogP) is 2.54. The summed E-state index contributed by atoms with van der Waals surface area (Å²) in [4.78, 5) is 44.4. The van der Waals surface area contributed by atoms with Crippen LogP contribution in [-0.4, -0.2) is 21.8 Å². The normalized spacial score (nSPS) is 10.9. The molecule has 0 aliphatic carbocycles. The third-order valence-electron chi connectivity index (χ3n) is 3.99. The second-order valence-electron chi connectivity index (χ2n) is 5.90. The second-order valence-corrected chi connectivity index (χ2v) is 7.51. The summed E-state index contributed by atoms with van der Waals surface area (Å²) in [5, 5.41) is 0.165. The first kappa shape index (κ1) is 19.9. The van der Waals surface area contributed by atoms with Crippen molar-refractivity contribution in [2.75, 3.05) is 0 Å². The van der Waals surface area contributed by atoms with Gasteiger partial charge in [-0.1, -0.05) is 11.6 Å². The Morgan fingerprint density at radius 1 is 1.21 bits per heavy atom. The van der Waals surface area contributed by atoms with Gasteiger partial charge in [0, 0.05) is 4.88 Å². The molecule has 0 aliphatic heterocycles. The first-order valence-corrected chi connectivity index (χ1v) is 9.09. The second kappa shape index (κ2) is 7.64. The number of amides is 2. The highest BCUT2D eigenvalue weighted by Crippen LogP contribution is 2.25. The van der Waals surface area contributed by atoms with Gasteiger partial charge >= 0.3 is 0 Å². The number of thiophene rings is 1. The lowest BCUT2D eigenvalue weighted by molar-refractivity contribution is -0.121. The van der Waals surface area contributed by atoms with Crippen molar-refractivity contribution < 1.29 is 18.4 Å². The molecular weight excluding hydrogens is 414 g/mol. The van der Waals surface area contributed by atoms with Crippen molar-refractivity contribution in [1.29, 1.82) is 0 Å². The fourth-order valence-corrected chi connectivity index (χ4v) is 3.75. The van der Waals surface area contributed by atoms with Crippen LogP contribution in [0.15, 0.2) is 16.9 Å². The number of H-pyrrole nitrogens is 1. The minimum Gasteiger partial charge on any atom is -0.309 e. The molecule has 0 bridgehead atoms. The fraction of sp³-hybridized carbons (Fsp3) is 0.176. The molecule has 2 aromatic heterocycles. The standard InChI is InChI=1S/C17H13ClF2N4O3S/c1-6-7(2)28-17-14(6)16(27)21-12(22-17)5-13(25)23-24-15(26)8-3-10(19)11(20)4-9(8)18/h3-4H,5H2,1-2H3,(H,23,25)(H,24,26)(H,21,22,27). The van der Waals surface area contributed by atoms with Gasteiger partial charge in [0.2, 0.25) is 5.91 Å². The van der Waals surface area contributed by atoms with E-state index in [1.165, 1.54) is 11.3 Å². The average molecular weight is 427 g/mol. The van der Waals surface area contributed by atoms with Gasteiger partial charge in [-0.2, -0.15) is 0 Å². The number of carbonyl (C=O) groups is 2. The van der Waals surface area contributed by atoms with Gasteiger partial charge in [0.1, 0.15) is 10.7 Å². The Hall–Kier alpha value is -2.85. The minimum absolute atomic E-state index is 0.122. The topological polar surface area (TPSA) is 104 Å². The lowest BCUT2D eigenvalue weighted by Crippen LogP contribution is -2.42. The van der Waals surface area contributed by atoms with E-state index >= 15 is 0 Å². The molecule has 0 spiro atoms. The maximum Gasteiger partial charge on any atom is 0.271 e.